The third-order valence-electron chi connectivity index (χ3n) is 8.16. The number of rotatable bonds is 23. The maximum absolute atomic E-state index is 5.00. The Morgan fingerprint density at radius 1 is 0.684 bits per heavy atom. The Bertz CT molecular complexity index is 978. The van der Waals surface area contributed by atoms with Crippen LogP contribution in [0, 0.1) is 5.92 Å². The normalized spacial score (nSPS) is 12.5. The smallest absolute Gasteiger partial charge is 0.143 e. The van der Waals surface area contributed by atoms with Crippen molar-refractivity contribution < 1.29 is 4.63 Å². The first-order valence-corrected chi connectivity index (χ1v) is 17.0. The Balaban J connectivity index is 1.43. The molecule has 0 saturated heterocycles. The fourth-order valence-corrected chi connectivity index (χ4v) is 6.75. The highest BCUT2D eigenvalue weighted by atomic mass is 32.1. The van der Waals surface area contributed by atoms with Crippen LogP contribution in [0.15, 0.2) is 34.3 Å². The SMILES string of the molecule is CCCCCCCCCCCCC(CCCCCCCCCC)Cc1csc(-c2cccc3nonc23)c1. The highest BCUT2D eigenvalue weighted by Gasteiger charge is 2.14. The molecule has 0 fully saturated rings. The van der Waals surface area contributed by atoms with Crippen LogP contribution in [-0.4, -0.2) is 10.3 Å². The molecule has 0 aliphatic heterocycles. The second kappa shape index (κ2) is 19.4. The summed E-state index contributed by atoms with van der Waals surface area (Å²) in [7, 11) is 0. The quantitative estimate of drug-likeness (QED) is 0.113. The zero-order chi connectivity index (χ0) is 26.7. The fraction of sp³-hybridized carbons (Fsp3) is 0.706. The molecule has 0 saturated carbocycles. The van der Waals surface area contributed by atoms with Crippen molar-refractivity contribution in [1.29, 1.82) is 0 Å². The summed E-state index contributed by atoms with van der Waals surface area (Å²) in [5.74, 6) is 0.816. The average molecular weight is 539 g/mol. The van der Waals surface area contributed by atoms with Crippen LogP contribution in [-0.2, 0) is 6.42 Å². The van der Waals surface area contributed by atoms with Crippen LogP contribution in [0.4, 0.5) is 0 Å². The Morgan fingerprint density at radius 2 is 1.24 bits per heavy atom. The molecule has 4 heteroatoms. The van der Waals surface area contributed by atoms with Crippen LogP contribution in [0.25, 0.3) is 21.5 Å². The van der Waals surface area contributed by atoms with Gasteiger partial charge in [-0.2, -0.15) is 0 Å². The van der Waals surface area contributed by atoms with Crippen molar-refractivity contribution in [3.8, 4) is 10.4 Å². The van der Waals surface area contributed by atoms with Crippen LogP contribution in [0.1, 0.15) is 148 Å². The number of hydrogen-bond donors (Lipinski definition) is 0. The fourth-order valence-electron chi connectivity index (χ4n) is 5.80. The number of fused-ring (bicyclic) bond motifs is 1. The lowest BCUT2D eigenvalue weighted by Crippen LogP contribution is -2.05. The van der Waals surface area contributed by atoms with Crippen molar-refractivity contribution in [1.82, 2.24) is 10.3 Å². The van der Waals surface area contributed by atoms with Crippen LogP contribution >= 0.6 is 11.3 Å². The number of benzene rings is 1. The van der Waals surface area contributed by atoms with Crippen LogP contribution in [0.2, 0.25) is 0 Å². The highest BCUT2D eigenvalue weighted by Crippen LogP contribution is 2.33. The molecule has 3 aromatic rings. The van der Waals surface area contributed by atoms with Gasteiger partial charge in [-0.3, -0.25) is 0 Å². The van der Waals surface area contributed by atoms with E-state index in [-0.39, 0.29) is 0 Å². The molecule has 0 amide bonds. The molecule has 0 aliphatic rings. The van der Waals surface area contributed by atoms with Gasteiger partial charge in [0, 0.05) is 10.4 Å². The Morgan fingerprint density at radius 3 is 1.82 bits per heavy atom. The summed E-state index contributed by atoms with van der Waals surface area (Å²) in [6, 6.07) is 8.56. The molecular formula is C34H54N2OS. The molecule has 38 heavy (non-hydrogen) atoms. The molecule has 0 bridgehead atoms. The summed E-state index contributed by atoms with van der Waals surface area (Å²) in [6.45, 7) is 4.60. The predicted molar refractivity (Wildman–Crippen MR) is 166 cm³/mol. The van der Waals surface area contributed by atoms with Gasteiger partial charge in [-0.15, -0.1) is 11.3 Å². The van der Waals surface area contributed by atoms with Crippen LogP contribution in [0.3, 0.4) is 0 Å². The molecule has 1 unspecified atom stereocenters. The predicted octanol–water partition coefficient (Wildman–Crippen LogP) is 12.0. The van der Waals surface area contributed by atoms with Gasteiger partial charge in [0.2, 0.25) is 0 Å². The van der Waals surface area contributed by atoms with Gasteiger partial charge < -0.3 is 0 Å². The molecule has 1 aromatic carbocycles. The molecule has 1 atom stereocenters. The van der Waals surface area contributed by atoms with Gasteiger partial charge in [0.05, 0.1) is 0 Å². The highest BCUT2D eigenvalue weighted by molar-refractivity contribution is 7.13. The van der Waals surface area contributed by atoms with Crippen molar-refractivity contribution in [2.24, 2.45) is 5.92 Å². The van der Waals surface area contributed by atoms with Crippen LogP contribution < -0.4 is 0 Å². The van der Waals surface area contributed by atoms with Crippen molar-refractivity contribution in [2.75, 3.05) is 0 Å². The molecule has 2 aromatic heterocycles. The molecule has 0 aliphatic carbocycles. The molecule has 0 N–H and O–H groups in total. The maximum Gasteiger partial charge on any atom is 0.143 e. The van der Waals surface area contributed by atoms with Crippen molar-refractivity contribution >= 4 is 22.4 Å². The van der Waals surface area contributed by atoms with Gasteiger partial charge in [-0.25, -0.2) is 4.63 Å². The molecule has 0 radical (unpaired) electrons. The van der Waals surface area contributed by atoms with E-state index < -0.39 is 0 Å². The summed E-state index contributed by atoms with van der Waals surface area (Å²) < 4.78 is 5.00. The summed E-state index contributed by atoms with van der Waals surface area (Å²) in [5, 5.41) is 10.6. The molecule has 3 rings (SSSR count). The van der Waals surface area contributed by atoms with E-state index >= 15 is 0 Å². The Labute approximate surface area is 237 Å². The number of hydrogen-bond acceptors (Lipinski definition) is 4. The first-order valence-electron chi connectivity index (χ1n) is 16.1. The number of thiophene rings is 1. The van der Waals surface area contributed by atoms with E-state index in [2.05, 4.69) is 47.7 Å². The zero-order valence-corrected chi connectivity index (χ0v) is 25.3. The minimum absolute atomic E-state index is 0.816. The molecule has 0 spiro atoms. The summed E-state index contributed by atoms with van der Waals surface area (Å²) >= 11 is 1.84. The van der Waals surface area contributed by atoms with E-state index in [9.17, 15) is 0 Å². The van der Waals surface area contributed by atoms with E-state index in [1.54, 1.807) is 0 Å². The lowest BCUT2D eigenvalue weighted by Gasteiger charge is -2.16. The first-order chi connectivity index (χ1) is 18.8. The van der Waals surface area contributed by atoms with Crippen molar-refractivity contribution in [3.63, 3.8) is 0 Å². The standard InChI is InChI=1S/C34H54N2OS/c1-3-5-7-9-11-13-14-16-18-20-23-29(22-19-17-15-12-10-8-6-4-2)26-30-27-33(38-28-30)31-24-21-25-32-34(31)36-37-35-32/h21,24-25,27-29H,3-20,22-23,26H2,1-2H3. The van der Waals surface area contributed by atoms with Gasteiger partial charge in [0.25, 0.3) is 0 Å². The largest absolute Gasteiger partial charge is 0.243 e. The second-order valence-electron chi connectivity index (χ2n) is 11.6. The zero-order valence-electron chi connectivity index (χ0n) is 24.5. The number of aromatic nitrogens is 2. The van der Waals surface area contributed by atoms with Crippen molar-refractivity contribution in [3.05, 3.63) is 35.2 Å². The van der Waals surface area contributed by atoms with E-state index in [0.29, 0.717) is 0 Å². The molecule has 3 nitrogen and oxygen atoms in total. The van der Waals surface area contributed by atoms with E-state index in [1.807, 2.05) is 17.4 Å². The van der Waals surface area contributed by atoms with E-state index in [1.165, 1.54) is 145 Å². The minimum Gasteiger partial charge on any atom is -0.243 e. The Hall–Kier alpha value is -1.68. The maximum atomic E-state index is 5.00. The van der Waals surface area contributed by atoms with Crippen molar-refractivity contribution in [2.45, 2.75) is 149 Å². The van der Waals surface area contributed by atoms with E-state index in [4.69, 9.17) is 4.63 Å². The lowest BCUT2D eigenvalue weighted by atomic mass is 9.89. The first kappa shape index (κ1) is 30.9. The average Bonchev–Trinajstić information content (AvgIpc) is 3.60. The summed E-state index contributed by atoms with van der Waals surface area (Å²) in [6.07, 6.45) is 29.5. The van der Waals surface area contributed by atoms with E-state index in [0.717, 1.165) is 22.5 Å². The molecular weight excluding hydrogens is 484 g/mol. The van der Waals surface area contributed by atoms with Gasteiger partial charge in [0.15, 0.2) is 0 Å². The van der Waals surface area contributed by atoms with Gasteiger partial charge in [-0.05, 0) is 45.7 Å². The van der Waals surface area contributed by atoms with Gasteiger partial charge >= 0.3 is 0 Å². The third-order valence-corrected chi connectivity index (χ3v) is 9.17. The second-order valence-corrected chi connectivity index (χ2v) is 12.5. The number of nitrogens with zero attached hydrogens (tertiary/aromatic N) is 2. The monoisotopic (exact) mass is 538 g/mol. The topological polar surface area (TPSA) is 38.9 Å². The van der Waals surface area contributed by atoms with Crippen LogP contribution in [0.5, 0.6) is 0 Å². The lowest BCUT2D eigenvalue weighted by molar-refractivity contribution is 0.315. The summed E-state index contributed by atoms with van der Waals surface area (Å²) in [4.78, 5) is 1.28. The summed E-state index contributed by atoms with van der Waals surface area (Å²) in [5.41, 5.74) is 4.36. The Kier molecular flexibility index (Phi) is 15.7. The number of unbranched alkanes of at least 4 members (excludes halogenated alkanes) is 16. The minimum atomic E-state index is 0.816. The van der Waals surface area contributed by atoms with Gasteiger partial charge in [-0.1, -0.05) is 154 Å². The van der Waals surface area contributed by atoms with Gasteiger partial charge in [0.1, 0.15) is 11.0 Å². The third kappa shape index (κ3) is 11.6. The molecule has 2 heterocycles. The molecule has 212 valence electrons.